The first kappa shape index (κ1) is 15.9. The normalized spacial score (nSPS) is 20.2. The number of amides is 2. The Balaban J connectivity index is 1.58. The Bertz CT molecular complexity index is 814. The van der Waals surface area contributed by atoms with E-state index in [1.54, 1.807) is 17.0 Å². The smallest absolute Gasteiger partial charge is 0.326 e. The molecule has 0 aromatic heterocycles. The number of halogens is 1. The molecule has 1 N–H and O–H groups in total. The lowest BCUT2D eigenvalue weighted by Crippen LogP contribution is -2.67. The third kappa shape index (κ3) is 2.94. The molecule has 0 bridgehead atoms. The van der Waals surface area contributed by atoms with Crippen molar-refractivity contribution in [3.8, 4) is 0 Å². The van der Waals surface area contributed by atoms with E-state index in [0.717, 1.165) is 11.3 Å². The monoisotopic (exact) mass is 356 g/mol. The number of hydrogen-bond donors (Lipinski definition) is 1. The van der Waals surface area contributed by atoms with Crippen LogP contribution in [0, 0.1) is 0 Å². The zero-order chi connectivity index (χ0) is 17.4. The van der Waals surface area contributed by atoms with Crippen LogP contribution in [0.1, 0.15) is 5.56 Å². The molecule has 2 aromatic rings. The lowest BCUT2D eigenvalue weighted by molar-refractivity contribution is -0.163. The number of carbonyl (C=O) groups excluding carboxylic acids is 2. The summed E-state index contributed by atoms with van der Waals surface area (Å²) >= 11 is 6.01. The van der Waals surface area contributed by atoms with Gasteiger partial charge in [-0.1, -0.05) is 41.9 Å². The zero-order valence-electron chi connectivity index (χ0n) is 13.4. The second-order valence-electron chi connectivity index (χ2n) is 6.05. The van der Waals surface area contributed by atoms with E-state index in [2.05, 4.69) is 10.3 Å². The largest absolute Gasteiger partial charge is 0.336 e. The van der Waals surface area contributed by atoms with Crippen LogP contribution in [0.2, 0.25) is 5.02 Å². The summed E-state index contributed by atoms with van der Waals surface area (Å²) < 4.78 is 0. The fourth-order valence-corrected chi connectivity index (χ4v) is 3.45. The highest BCUT2D eigenvalue weighted by Gasteiger charge is 2.45. The van der Waals surface area contributed by atoms with Crippen molar-refractivity contribution >= 4 is 29.1 Å². The van der Waals surface area contributed by atoms with Crippen LogP contribution in [0.25, 0.3) is 0 Å². The molecule has 6 nitrogen and oxygen atoms in total. The Morgan fingerprint density at radius 2 is 1.72 bits per heavy atom. The highest BCUT2D eigenvalue weighted by molar-refractivity contribution is 6.35. The first-order chi connectivity index (χ1) is 12.1. The summed E-state index contributed by atoms with van der Waals surface area (Å²) in [5.41, 5.74) is 5.05. The van der Waals surface area contributed by atoms with Gasteiger partial charge in [-0.05, 0) is 29.8 Å². The second-order valence-corrected chi connectivity index (χ2v) is 6.49. The maximum absolute atomic E-state index is 12.5. The van der Waals surface area contributed by atoms with Gasteiger partial charge in [-0.3, -0.25) is 19.5 Å². The molecule has 0 aliphatic carbocycles. The number of para-hydroxylation sites is 1. The fourth-order valence-electron chi connectivity index (χ4n) is 3.24. The second kappa shape index (κ2) is 6.38. The maximum atomic E-state index is 12.5. The van der Waals surface area contributed by atoms with E-state index in [-0.39, 0.29) is 12.8 Å². The lowest BCUT2D eigenvalue weighted by Gasteiger charge is -2.40. The molecule has 2 aliphatic rings. The zero-order valence-corrected chi connectivity index (χ0v) is 14.2. The number of carbonyl (C=O) groups is 2. The minimum Gasteiger partial charge on any atom is -0.336 e. The predicted molar refractivity (Wildman–Crippen MR) is 94.4 cm³/mol. The van der Waals surface area contributed by atoms with Crippen LogP contribution >= 0.6 is 11.6 Å². The van der Waals surface area contributed by atoms with E-state index < -0.39 is 11.8 Å². The first-order valence-corrected chi connectivity index (χ1v) is 8.46. The number of nitrogens with zero attached hydrogens (tertiary/aromatic N) is 3. The first-order valence-electron chi connectivity index (χ1n) is 8.08. The van der Waals surface area contributed by atoms with Crippen molar-refractivity contribution in [2.75, 3.05) is 18.0 Å². The van der Waals surface area contributed by atoms with Gasteiger partial charge >= 0.3 is 11.8 Å². The SMILES string of the molecule is O=C1C(=O)N2CCN(c3ccccc3)C2NN1Cc1cccc(Cl)c1. The molecular weight excluding hydrogens is 340 g/mol. The average Bonchev–Trinajstić information content (AvgIpc) is 3.04. The Morgan fingerprint density at radius 1 is 0.960 bits per heavy atom. The summed E-state index contributed by atoms with van der Waals surface area (Å²) in [7, 11) is 0. The van der Waals surface area contributed by atoms with Gasteiger partial charge in [0.25, 0.3) is 0 Å². The number of anilines is 1. The number of fused-ring (bicyclic) bond motifs is 1. The fraction of sp³-hybridized carbons (Fsp3) is 0.222. The summed E-state index contributed by atoms with van der Waals surface area (Å²) in [6.07, 6.45) is -0.369. The molecule has 2 aromatic carbocycles. The van der Waals surface area contributed by atoms with Crippen molar-refractivity contribution in [1.29, 1.82) is 0 Å². The molecule has 2 fully saturated rings. The van der Waals surface area contributed by atoms with Crippen molar-refractivity contribution in [2.45, 2.75) is 12.8 Å². The van der Waals surface area contributed by atoms with Crippen LogP contribution in [-0.2, 0) is 16.1 Å². The van der Waals surface area contributed by atoms with Crippen LogP contribution in [-0.4, -0.2) is 41.1 Å². The molecule has 1 atom stereocenters. The molecule has 1 unspecified atom stereocenters. The van der Waals surface area contributed by atoms with Crippen molar-refractivity contribution in [2.24, 2.45) is 0 Å². The molecule has 2 saturated heterocycles. The highest BCUT2D eigenvalue weighted by Crippen LogP contribution is 2.25. The van der Waals surface area contributed by atoms with Gasteiger partial charge in [0.05, 0.1) is 6.54 Å². The van der Waals surface area contributed by atoms with Crippen LogP contribution in [0.5, 0.6) is 0 Å². The Kier molecular flexibility index (Phi) is 4.07. The maximum Gasteiger partial charge on any atom is 0.326 e. The Labute approximate surface area is 150 Å². The highest BCUT2D eigenvalue weighted by atomic mass is 35.5. The molecule has 0 radical (unpaired) electrons. The molecule has 128 valence electrons. The van der Waals surface area contributed by atoms with Crippen molar-refractivity contribution in [1.82, 2.24) is 15.3 Å². The average molecular weight is 357 g/mol. The van der Waals surface area contributed by atoms with E-state index in [9.17, 15) is 9.59 Å². The summed E-state index contributed by atoms with van der Waals surface area (Å²) in [4.78, 5) is 28.6. The topological polar surface area (TPSA) is 55.9 Å². The van der Waals surface area contributed by atoms with Gasteiger partial charge in [0, 0.05) is 23.8 Å². The van der Waals surface area contributed by atoms with Gasteiger partial charge in [-0.15, -0.1) is 0 Å². The third-order valence-electron chi connectivity index (χ3n) is 4.45. The minimum atomic E-state index is -0.550. The van der Waals surface area contributed by atoms with Crippen molar-refractivity contribution in [3.05, 3.63) is 65.2 Å². The minimum absolute atomic E-state index is 0.276. The molecule has 7 heteroatoms. The Morgan fingerprint density at radius 3 is 2.48 bits per heavy atom. The molecule has 0 spiro atoms. The molecule has 2 amide bonds. The third-order valence-corrected chi connectivity index (χ3v) is 4.69. The van der Waals surface area contributed by atoms with E-state index >= 15 is 0 Å². The summed E-state index contributed by atoms with van der Waals surface area (Å²) in [6.45, 7) is 1.46. The van der Waals surface area contributed by atoms with Crippen LogP contribution in [0.4, 0.5) is 5.69 Å². The summed E-state index contributed by atoms with van der Waals surface area (Å²) in [6, 6.07) is 17.1. The van der Waals surface area contributed by atoms with Crippen LogP contribution in [0.15, 0.2) is 54.6 Å². The van der Waals surface area contributed by atoms with E-state index in [4.69, 9.17) is 11.6 Å². The van der Waals surface area contributed by atoms with Gasteiger partial charge in [-0.25, -0.2) is 0 Å². The van der Waals surface area contributed by atoms with Gasteiger partial charge in [-0.2, -0.15) is 5.43 Å². The van der Waals surface area contributed by atoms with E-state index in [0.29, 0.717) is 18.1 Å². The number of rotatable bonds is 3. The predicted octanol–water partition coefficient (Wildman–Crippen LogP) is 1.82. The Hall–Kier alpha value is -2.57. The van der Waals surface area contributed by atoms with Crippen LogP contribution in [0.3, 0.4) is 0 Å². The van der Waals surface area contributed by atoms with Crippen molar-refractivity contribution in [3.63, 3.8) is 0 Å². The van der Waals surface area contributed by atoms with Gasteiger partial charge < -0.3 is 4.90 Å². The molecule has 4 rings (SSSR count). The van der Waals surface area contributed by atoms with Crippen LogP contribution < -0.4 is 10.3 Å². The number of hydrazine groups is 1. The summed E-state index contributed by atoms with van der Waals surface area (Å²) in [5, 5.41) is 1.97. The molecule has 2 aliphatic heterocycles. The molecular formula is C18H17ClN4O2. The van der Waals surface area contributed by atoms with E-state index in [1.807, 2.05) is 42.5 Å². The van der Waals surface area contributed by atoms with E-state index in [1.165, 1.54) is 5.01 Å². The molecule has 0 saturated carbocycles. The molecule has 25 heavy (non-hydrogen) atoms. The number of nitrogens with one attached hydrogen (secondary N) is 1. The molecule has 2 heterocycles. The van der Waals surface area contributed by atoms with Gasteiger partial charge in [0.2, 0.25) is 0 Å². The van der Waals surface area contributed by atoms with Crippen molar-refractivity contribution < 1.29 is 9.59 Å². The number of benzene rings is 2. The van der Waals surface area contributed by atoms with Gasteiger partial charge in [0.1, 0.15) is 0 Å². The lowest BCUT2D eigenvalue weighted by atomic mass is 10.2. The number of hydrogen-bond acceptors (Lipinski definition) is 4. The standard InChI is InChI=1S/C18H17ClN4O2/c19-14-6-4-5-13(11-14)12-23-17(25)16(24)22-10-9-21(18(22)20-23)15-7-2-1-3-8-15/h1-8,11,18,20H,9-10,12H2. The summed E-state index contributed by atoms with van der Waals surface area (Å²) in [5.74, 6) is -1.03. The van der Waals surface area contributed by atoms with Gasteiger partial charge in [0.15, 0.2) is 6.29 Å². The quantitative estimate of drug-likeness (QED) is 0.852.